The topological polar surface area (TPSA) is 100 Å². The summed E-state index contributed by atoms with van der Waals surface area (Å²) < 4.78 is 6.10. The summed E-state index contributed by atoms with van der Waals surface area (Å²) in [4.78, 5) is 8.88. The van der Waals surface area contributed by atoms with Crippen molar-refractivity contribution in [1.82, 2.24) is 15.4 Å². The molecular weight excluding hydrogens is 340 g/mol. The maximum atomic E-state index is 9.10. The van der Waals surface area contributed by atoms with E-state index in [1.807, 2.05) is 42.4 Å². The molecule has 7 nitrogen and oxygen atoms in total. The Labute approximate surface area is 156 Å². The number of nitriles is 1. The van der Waals surface area contributed by atoms with Crippen molar-refractivity contribution < 1.29 is 4.74 Å². The Morgan fingerprint density at radius 1 is 1.33 bits per heavy atom. The number of aromatic nitrogens is 2. The number of rotatable bonds is 4. The second-order valence-corrected chi connectivity index (χ2v) is 6.18. The van der Waals surface area contributed by atoms with Crippen LogP contribution < -0.4 is 20.9 Å². The predicted octanol–water partition coefficient (Wildman–Crippen LogP) is 3.06. The summed E-state index contributed by atoms with van der Waals surface area (Å²) in [5.74, 6) is 0.766. The molecule has 27 heavy (non-hydrogen) atoms. The number of pyridine rings is 2. The van der Waals surface area contributed by atoms with E-state index in [-0.39, 0.29) is 6.10 Å². The van der Waals surface area contributed by atoms with Crippen molar-refractivity contribution >= 4 is 22.4 Å². The third kappa shape index (κ3) is 3.26. The molecule has 134 valence electrons. The van der Waals surface area contributed by atoms with E-state index in [0.717, 1.165) is 28.8 Å². The van der Waals surface area contributed by atoms with Crippen LogP contribution >= 0.6 is 0 Å². The molecule has 0 spiro atoms. The van der Waals surface area contributed by atoms with Gasteiger partial charge in [-0.05, 0) is 43.3 Å². The Morgan fingerprint density at radius 2 is 2.22 bits per heavy atom. The Kier molecular flexibility index (Phi) is 4.32. The van der Waals surface area contributed by atoms with Crippen LogP contribution in [0, 0.1) is 11.3 Å². The van der Waals surface area contributed by atoms with E-state index in [4.69, 9.17) is 15.7 Å². The van der Waals surface area contributed by atoms with E-state index < -0.39 is 0 Å². The zero-order valence-corrected chi connectivity index (χ0v) is 14.8. The molecule has 0 bridgehead atoms. The van der Waals surface area contributed by atoms with Gasteiger partial charge in [0.05, 0.1) is 22.8 Å². The van der Waals surface area contributed by atoms with E-state index in [0.29, 0.717) is 17.1 Å². The molecule has 0 aliphatic carbocycles. The fourth-order valence-electron chi connectivity index (χ4n) is 3.04. The van der Waals surface area contributed by atoms with Crippen LogP contribution in [-0.2, 0) is 0 Å². The highest BCUT2D eigenvalue weighted by Gasteiger charge is 2.20. The third-order valence-electron chi connectivity index (χ3n) is 4.34. The highest BCUT2D eigenvalue weighted by molar-refractivity contribution is 5.83. The van der Waals surface area contributed by atoms with Crippen LogP contribution in [0.25, 0.3) is 10.9 Å². The van der Waals surface area contributed by atoms with Crippen molar-refractivity contribution in [3.05, 3.63) is 66.1 Å². The average Bonchev–Trinajstić information content (AvgIpc) is 3.23. The lowest BCUT2D eigenvalue weighted by atomic mass is 10.1. The number of benzene rings is 1. The van der Waals surface area contributed by atoms with E-state index in [1.165, 1.54) is 0 Å². The molecule has 0 saturated heterocycles. The zero-order valence-electron chi connectivity index (χ0n) is 14.8. The number of hydrogen-bond donors (Lipinski definition) is 2. The van der Waals surface area contributed by atoms with Gasteiger partial charge in [0.15, 0.2) is 11.6 Å². The first-order valence-corrected chi connectivity index (χ1v) is 8.57. The number of nitrogens with one attached hydrogen (secondary N) is 1. The number of anilines is 2. The molecule has 0 radical (unpaired) electrons. The molecule has 2 aromatic heterocycles. The fourth-order valence-corrected chi connectivity index (χ4v) is 3.04. The zero-order chi connectivity index (χ0) is 18.8. The molecule has 0 amide bonds. The van der Waals surface area contributed by atoms with E-state index in [1.54, 1.807) is 24.4 Å². The SMILES string of the molecule is CC(Oc1cc2cc(C#N)ccc2nc1N)c1ncccc1N1C=CCN1. The van der Waals surface area contributed by atoms with Gasteiger partial charge in [-0.1, -0.05) is 6.08 Å². The Hall–Kier alpha value is -3.63. The molecule has 3 heterocycles. The molecule has 7 heteroatoms. The van der Waals surface area contributed by atoms with Crippen LogP contribution in [-0.4, -0.2) is 16.5 Å². The Balaban J connectivity index is 1.67. The molecule has 3 N–H and O–H groups in total. The molecule has 1 atom stereocenters. The fraction of sp³-hybridized carbons (Fsp3) is 0.150. The number of hydrogen-bond acceptors (Lipinski definition) is 7. The maximum absolute atomic E-state index is 9.10. The second-order valence-electron chi connectivity index (χ2n) is 6.18. The van der Waals surface area contributed by atoms with Gasteiger partial charge in [0.25, 0.3) is 0 Å². The largest absolute Gasteiger partial charge is 0.480 e. The summed E-state index contributed by atoms with van der Waals surface area (Å²) in [5.41, 5.74) is 12.3. The summed E-state index contributed by atoms with van der Waals surface area (Å²) in [6.07, 6.45) is 5.38. The average molecular weight is 358 g/mol. The van der Waals surface area contributed by atoms with Gasteiger partial charge in [-0.25, -0.2) is 10.4 Å². The smallest absolute Gasteiger partial charge is 0.166 e. The van der Waals surface area contributed by atoms with Gasteiger partial charge in [0, 0.05) is 24.3 Å². The van der Waals surface area contributed by atoms with Gasteiger partial charge < -0.3 is 10.5 Å². The van der Waals surface area contributed by atoms with Crippen LogP contribution in [0.5, 0.6) is 5.75 Å². The van der Waals surface area contributed by atoms with Gasteiger partial charge in [0.2, 0.25) is 0 Å². The third-order valence-corrected chi connectivity index (χ3v) is 4.34. The molecule has 1 unspecified atom stereocenters. The lowest BCUT2D eigenvalue weighted by Crippen LogP contribution is -2.30. The normalized spacial score (nSPS) is 14.3. The summed E-state index contributed by atoms with van der Waals surface area (Å²) in [5, 5.41) is 11.8. The number of ether oxygens (including phenoxy) is 1. The van der Waals surface area contributed by atoms with Crippen molar-refractivity contribution in [2.45, 2.75) is 13.0 Å². The van der Waals surface area contributed by atoms with Crippen molar-refractivity contribution in [1.29, 1.82) is 5.26 Å². The number of nitrogens with two attached hydrogens (primary N) is 1. The van der Waals surface area contributed by atoms with Crippen molar-refractivity contribution in [3.63, 3.8) is 0 Å². The van der Waals surface area contributed by atoms with Crippen LogP contribution in [0.15, 0.2) is 54.9 Å². The van der Waals surface area contributed by atoms with Gasteiger partial charge in [-0.15, -0.1) is 0 Å². The lowest BCUT2D eigenvalue weighted by Gasteiger charge is -2.23. The Morgan fingerprint density at radius 3 is 3.00 bits per heavy atom. The van der Waals surface area contributed by atoms with Crippen LogP contribution in [0.2, 0.25) is 0 Å². The van der Waals surface area contributed by atoms with Crippen molar-refractivity contribution in [3.8, 4) is 11.8 Å². The summed E-state index contributed by atoms with van der Waals surface area (Å²) >= 11 is 0. The van der Waals surface area contributed by atoms with Crippen LogP contribution in [0.4, 0.5) is 11.5 Å². The summed E-state index contributed by atoms with van der Waals surface area (Å²) in [7, 11) is 0. The molecule has 0 fully saturated rings. The molecule has 1 aliphatic rings. The maximum Gasteiger partial charge on any atom is 0.166 e. The number of hydrazine groups is 1. The highest BCUT2D eigenvalue weighted by Crippen LogP contribution is 2.32. The quantitative estimate of drug-likeness (QED) is 0.739. The second kappa shape index (κ2) is 6.94. The van der Waals surface area contributed by atoms with Crippen molar-refractivity contribution in [2.24, 2.45) is 0 Å². The Bertz CT molecular complexity index is 1070. The molecule has 1 aliphatic heterocycles. The molecular formula is C20H18N6O. The van der Waals surface area contributed by atoms with Gasteiger partial charge in [-0.2, -0.15) is 5.26 Å². The van der Waals surface area contributed by atoms with E-state index in [2.05, 4.69) is 21.5 Å². The molecule has 4 rings (SSSR count). The standard InChI is InChI=1S/C20H18N6O/c1-13(19-17(4-2-7-23-19)26-9-3-8-24-26)27-18-11-15-10-14(12-21)5-6-16(15)25-20(18)22/h2-7,9-11,13,24H,8H2,1H3,(H2,22,25). The molecule has 1 aromatic carbocycles. The van der Waals surface area contributed by atoms with Gasteiger partial charge >= 0.3 is 0 Å². The minimum atomic E-state index is -0.349. The lowest BCUT2D eigenvalue weighted by molar-refractivity contribution is 0.223. The minimum Gasteiger partial charge on any atom is -0.480 e. The first-order valence-electron chi connectivity index (χ1n) is 8.57. The summed E-state index contributed by atoms with van der Waals surface area (Å²) in [6.45, 7) is 2.69. The molecule has 0 saturated carbocycles. The summed E-state index contributed by atoms with van der Waals surface area (Å²) in [6, 6.07) is 13.1. The van der Waals surface area contributed by atoms with E-state index >= 15 is 0 Å². The number of nitrogens with zero attached hydrogens (tertiary/aromatic N) is 4. The minimum absolute atomic E-state index is 0.302. The van der Waals surface area contributed by atoms with Crippen LogP contribution in [0.3, 0.4) is 0 Å². The van der Waals surface area contributed by atoms with Crippen LogP contribution in [0.1, 0.15) is 24.3 Å². The highest BCUT2D eigenvalue weighted by atomic mass is 16.5. The number of nitrogen functional groups attached to an aromatic ring is 1. The van der Waals surface area contributed by atoms with Gasteiger partial charge in [0.1, 0.15) is 11.8 Å². The predicted molar refractivity (Wildman–Crippen MR) is 104 cm³/mol. The first-order chi connectivity index (χ1) is 13.2. The van der Waals surface area contributed by atoms with E-state index in [9.17, 15) is 0 Å². The van der Waals surface area contributed by atoms with Crippen molar-refractivity contribution in [2.75, 3.05) is 17.3 Å². The van der Waals surface area contributed by atoms with Gasteiger partial charge in [-0.3, -0.25) is 9.99 Å². The first kappa shape index (κ1) is 16.8. The molecule has 3 aromatic rings. The number of fused-ring (bicyclic) bond motifs is 1. The monoisotopic (exact) mass is 358 g/mol.